The van der Waals surface area contributed by atoms with Gasteiger partial charge in [0, 0.05) is 35.1 Å². The SMILES string of the molecule is Cc1cc(C)nc(N2CCC(C(=O)N[C@@H]3C(=O)N4[C@@H]3SC(C)(C)[C@@H]4C(=O)O)CC2)n1. The lowest BCUT2D eigenvalue weighted by Crippen LogP contribution is -2.71. The van der Waals surface area contributed by atoms with Gasteiger partial charge >= 0.3 is 5.97 Å². The van der Waals surface area contributed by atoms with Gasteiger partial charge in [-0.2, -0.15) is 0 Å². The molecule has 0 aliphatic carbocycles. The number of thioether (sulfide) groups is 1. The Balaban J connectivity index is 1.35. The van der Waals surface area contributed by atoms with Crippen LogP contribution in [0.5, 0.6) is 0 Å². The lowest BCUT2D eigenvalue weighted by atomic mass is 9.93. The molecular formula is C20H27N5O4S. The summed E-state index contributed by atoms with van der Waals surface area (Å²) in [6.07, 6.45) is 1.32. The number of carbonyl (C=O) groups excluding carboxylic acids is 2. The van der Waals surface area contributed by atoms with Crippen LogP contribution in [0.2, 0.25) is 0 Å². The molecule has 0 radical (unpaired) electrons. The maximum atomic E-state index is 12.8. The molecule has 3 saturated heterocycles. The van der Waals surface area contributed by atoms with Crippen LogP contribution in [0.1, 0.15) is 38.1 Å². The number of amides is 2. The highest BCUT2D eigenvalue weighted by molar-refractivity contribution is 8.01. The van der Waals surface area contributed by atoms with Crippen LogP contribution in [0.15, 0.2) is 6.07 Å². The summed E-state index contributed by atoms with van der Waals surface area (Å²) in [4.78, 5) is 49.5. The topological polar surface area (TPSA) is 116 Å². The third kappa shape index (κ3) is 3.51. The summed E-state index contributed by atoms with van der Waals surface area (Å²) < 4.78 is -0.594. The van der Waals surface area contributed by atoms with Crippen molar-refractivity contribution in [3.8, 4) is 0 Å². The number of hydrogen-bond donors (Lipinski definition) is 2. The molecule has 0 unspecified atom stereocenters. The Morgan fingerprint density at radius 1 is 1.20 bits per heavy atom. The number of β-lactam (4-membered cyclic amide) rings is 1. The molecule has 3 aliphatic rings. The molecule has 4 rings (SSSR count). The highest BCUT2D eigenvalue weighted by Gasteiger charge is 2.64. The molecule has 3 fully saturated rings. The van der Waals surface area contributed by atoms with E-state index < -0.39 is 22.8 Å². The van der Waals surface area contributed by atoms with Gasteiger partial charge in [-0.3, -0.25) is 9.59 Å². The highest BCUT2D eigenvalue weighted by Crippen LogP contribution is 2.50. The molecule has 162 valence electrons. The monoisotopic (exact) mass is 433 g/mol. The van der Waals surface area contributed by atoms with E-state index in [1.165, 1.54) is 16.7 Å². The number of carbonyl (C=O) groups is 3. The summed E-state index contributed by atoms with van der Waals surface area (Å²) in [6.45, 7) is 8.89. The van der Waals surface area contributed by atoms with Crippen molar-refractivity contribution in [1.82, 2.24) is 20.2 Å². The van der Waals surface area contributed by atoms with Gasteiger partial charge in [-0.05, 0) is 46.6 Å². The molecule has 2 amide bonds. The van der Waals surface area contributed by atoms with E-state index in [9.17, 15) is 19.5 Å². The quantitative estimate of drug-likeness (QED) is 0.674. The normalized spacial score (nSPS) is 28.1. The van der Waals surface area contributed by atoms with E-state index in [1.54, 1.807) is 0 Å². The van der Waals surface area contributed by atoms with E-state index >= 15 is 0 Å². The molecule has 2 N–H and O–H groups in total. The van der Waals surface area contributed by atoms with Crippen LogP contribution in [-0.4, -0.2) is 73.1 Å². The zero-order valence-electron chi connectivity index (χ0n) is 17.6. The molecule has 0 aromatic carbocycles. The highest BCUT2D eigenvalue weighted by atomic mass is 32.2. The number of aryl methyl sites for hydroxylation is 2. The fourth-order valence-corrected chi connectivity index (χ4v) is 6.23. The summed E-state index contributed by atoms with van der Waals surface area (Å²) in [6, 6.07) is 0.418. The smallest absolute Gasteiger partial charge is 0.327 e. The first-order chi connectivity index (χ1) is 14.1. The average molecular weight is 434 g/mol. The van der Waals surface area contributed by atoms with Crippen LogP contribution >= 0.6 is 11.8 Å². The van der Waals surface area contributed by atoms with Crippen LogP contribution in [0.25, 0.3) is 0 Å². The predicted molar refractivity (Wildman–Crippen MR) is 112 cm³/mol. The molecule has 3 aliphatic heterocycles. The van der Waals surface area contributed by atoms with Crippen molar-refractivity contribution >= 4 is 35.5 Å². The van der Waals surface area contributed by atoms with E-state index in [2.05, 4.69) is 20.2 Å². The molecule has 10 heteroatoms. The molecule has 3 atom stereocenters. The minimum Gasteiger partial charge on any atom is -0.480 e. The Morgan fingerprint density at radius 2 is 1.80 bits per heavy atom. The minimum absolute atomic E-state index is 0.133. The molecule has 9 nitrogen and oxygen atoms in total. The Bertz CT molecular complexity index is 879. The number of aliphatic carboxylic acids is 1. The van der Waals surface area contributed by atoms with Crippen molar-refractivity contribution in [2.24, 2.45) is 5.92 Å². The second-order valence-corrected chi connectivity index (χ2v) is 10.6. The van der Waals surface area contributed by atoms with Gasteiger partial charge in [0.15, 0.2) is 0 Å². The fraction of sp³-hybridized carbons (Fsp3) is 0.650. The molecule has 0 spiro atoms. The van der Waals surface area contributed by atoms with Crippen LogP contribution < -0.4 is 10.2 Å². The lowest BCUT2D eigenvalue weighted by Gasteiger charge is -2.44. The number of carboxylic acids is 1. The molecule has 1 aromatic heterocycles. The Labute approximate surface area is 179 Å². The second kappa shape index (κ2) is 7.40. The van der Waals surface area contributed by atoms with Crippen molar-refractivity contribution in [2.75, 3.05) is 18.0 Å². The van der Waals surface area contributed by atoms with E-state index in [4.69, 9.17) is 0 Å². The van der Waals surface area contributed by atoms with Crippen LogP contribution in [0.3, 0.4) is 0 Å². The number of nitrogens with zero attached hydrogens (tertiary/aromatic N) is 4. The molecule has 1 aromatic rings. The zero-order chi connectivity index (χ0) is 21.8. The summed E-state index contributed by atoms with van der Waals surface area (Å²) in [5.74, 6) is -0.927. The number of anilines is 1. The van der Waals surface area contributed by atoms with Gasteiger partial charge in [0.05, 0.1) is 0 Å². The summed E-state index contributed by atoms with van der Waals surface area (Å²) in [5, 5.41) is 12.1. The number of rotatable bonds is 4. The minimum atomic E-state index is -1.01. The molecular weight excluding hydrogens is 406 g/mol. The Morgan fingerprint density at radius 3 is 2.37 bits per heavy atom. The zero-order valence-corrected chi connectivity index (χ0v) is 18.4. The molecule has 4 heterocycles. The number of piperidine rings is 1. The summed E-state index contributed by atoms with van der Waals surface area (Å²) >= 11 is 1.44. The molecule has 30 heavy (non-hydrogen) atoms. The average Bonchev–Trinajstić information content (AvgIpc) is 2.93. The fourth-order valence-electron chi connectivity index (χ4n) is 4.61. The summed E-state index contributed by atoms with van der Waals surface area (Å²) in [7, 11) is 0. The van der Waals surface area contributed by atoms with Crippen LogP contribution in [0, 0.1) is 19.8 Å². The van der Waals surface area contributed by atoms with Gasteiger partial charge in [-0.15, -0.1) is 11.8 Å². The van der Waals surface area contributed by atoms with Crippen molar-refractivity contribution in [3.05, 3.63) is 17.5 Å². The van der Waals surface area contributed by atoms with Gasteiger partial charge in [0.2, 0.25) is 17.8 Å². The van der Waals surface area contributed by atoms with Crippen LogP contribution in [0.4, 0.5) is 5.95 Å². The van der Waals surface area contributed by atoms with Gasteiger partial charge in [-0.1, -0.05) is 0 Å². The number of hydrogen-bond acceptors (Lipinski definition) is 7. The second-order valence-electron chi connectivity index (χ2n) is 8.80. The van der Waals surface area contributed by atoms with Crippen molar-refractivity contribution < 1.29 is 19.5 Å². The first-order valence-electron chi connectivity index (χ1n) is 10.2. The molecule has 0 saturated carbocycles. The van der Waals surface area contributed by atoms with Gasteiger partial charge in [-0.25, -0.2) is 14.8 Å². The standard InChI is InChI=1S/C20H27N5O4S/c1-10-9-11(2)22-19(21-10)24-7-5-12(6-8-24)15(26)23-13-16(27)25-14(18(28)29)20(3,4)30-17(13)25/h9,12-14,17H,5-8H2,1-4H3,(H,23,26)(H,28,29)/t13-,14+,17-/m1/s1. The number of carboxylic acid groups (broad SMARTS) is 1. The van der Waals surface area contributed by atoms with E-state index in [0.717, 1.165) is 11.4 Å². The summed E-state index contributed by atoms with van der Waals surface area (Å²) in [5.41, 5.74) is 1.84. The van der Waals surface area contributed by atoms with Gasteiger partial charge < -0.3 is 20.2 Å². The third-order valence-corrected chi connectivity index (χ3v) is 7.66. The maximum absolute atomic E-state index is 12.8. The van der Waals surface area contributed by atoms with Gasteiger partial charge in [0.25, 0.3) is 0 Å². The lowest BCUT2D eigenvalue weighted by molar-refractivity contribution is -0.161. The Kier molecular flexibility index (Phi) is 5.16. The number of nitrogens with one attached hydrogen (secondary N) is 1. The van der Waals surface area contributed by atoms with Crippen molar-refractivity contribution in [1.29, 1.82) is 0 Å². The largest absolute Gasteiger partial charge is 0.480 e. The van der Waals surface area contributed by atoms with Crippen LogP contribution in [-0.2, 0) is 14.4 Å². The van der Waals surface area contributed by atoms with Crippen molar-refractivity contribution in [2.45, 2.75) is 62.7 Å². The maximum Gasteiger partial charge on any atom is 0.327 e. The first-order valence-corrected chi connectivity index (χ1v) is 11.1. The van der Waals surface area contributed by atoms with E-state index in [1.807, 2.05) is 33.8 Å². The van der Waals surface area contributed by atoms with Crippen molar-refractivity contribution in [3.63, 3.8) is 0 Å². The number of aromatic nitrogens is 2. The Hall–Kier alpha value is -2.36. The van der Waals surface area contributed by atoms with E-state index in [0.29, 0.717) is 31.9 Å². The third-order valence-electron chi connectivity index (χ3n) is 6.09. The van der Waals surface area contributed by atoms with E-state index in [-0.39, 0.29) is 23.1 Å². The number of fused-ring (bicyclic) bond motifs is 1. The predicted octanol–water partition coefficient (Wildman–Crippen LogP) is 0.942. The molecule has 0 bridgehead atoms. The van der Waals surface area contributed by atoms with Gasteiger partial charge in [0.1, 0.15) is 17.5 Å². The first kappa shape index (κ1) is 20.9.